The maximum absolute atomic E-state index is 12.4. The second-order valence-electron chi connectivity index (χ2n) is 7.56. The van der Waals surface area contributed by atoms with Crippen molar-refractivity contribution in [2.24, 2.45) is 0 Å². The third-order valence-corrected chi connectivity index (χ3v) is 6.03. The number of hydrogen-bond acceptors (Lipinski definition) is 5. The lowest BCUT2D eigenvalue weighted by Gasteiger charge is -2.37. The molecule has 3 atom stereocenters. The Morgan fingerprint density at radius 2 is 2.21 bits per heavy atom. The van der Waals surface area contributed by atoms with Crippen molar-refractivity contribution in [2.75, 3.05) is 26.2 Å². The Kier molecular flexibility index (Phi) is 7.49. The fourth-order valence-corrected chi connectivity index (χ4v) is 4.43. The summed E-state index contributed by atoms with van der Waals surface area (Å²) < 4.78 is 5.30. The number of fused-ring (bicyclic) bond motifs is 1. The van der Waals surface area contributed by atoms with E-state index in [2.05, 4.69) is 20.9 Å². The maximum Gasteiger partial charge on any atom is 0.237 e. The Morgan fingerprint density at radius 3 is 2.90 bits per heavy atom. The molecule has 0 bridgehead atoms. The minimum atomic E-state index is -0.164. The minimum Gasteiger partial charge on any atom is -0.467 e. The summed E-state index contributed by atoms with van der Waals surface area (Å²) in [6, 6.07) is 3.84. The molecule has 0 radical (unpaired) electrons. The minimum absolute atomic E-state index is 0.0649. The van der Waals surface area contributed by atoms with E-state index < -0.39 is 0 Å². The zero-order chi connectivity index (χ0) is 20.8. The van der Waals surface area contributed by atoms with Gasteiger partial charge in [0.15, 0.2) is 5.11 Å². The fourth-order valence-electron chi connectivity index (χ4n) is 4.19. The van der Waals surface area contributed by atoms with Gasteiger partial charge in [0.25, 0.3) is 0 Å². The number of carbonyl (C=O) groups is 2. The van der Waals surface area contributed by atoms with Crippen LogP contribution in [0.1, 0.15) is 38.9 Å². The highest BCUT2D eigenvalue weighted by molar-refractivity contribution is 7.80. The number of thiocarbonyl (C=S) groups is 1. The Morgan fingerprint density at radius 1 is 1.41 bits per heavy atom. The second-order valence-corrected chi connectivity index (χ2v) is 7.96. The molecular formula is C20H31N5O3S. The molecule has 2 aliphatic rings. The molecule has 0 aliphatic carbocycles. The normalized spacial score (nSPS) is 23.9. The summed E-state index contributed by atoms with van der Waals surface area (Å²) in [6.45, 7) is 7.32. The molecular weight excluding hydrogens is 390 g/mol. The maximum atomic E-state index is 12.4. The largest absolute Gasteiger partial charge is 0.467 e. The van der Waals surface area contributed by atoms with Crippen LogP contribution in [-0.2, 0) is 16.1 Å². The lowest BCUT2D eigenvalue weighted by Crippen LogP contribution is -2.58. The van der Waals surface area contributed by atoms with Crippen LogP contribution in [0.15, 0.2) is 22.8 Å². The van der Waals surface area contributed by atoms with Crippen molar-refractivity contribution in [3.05, 3.63) is 24.2 Å². The van der Waals surface area contributed by atoms with E-state index in [1.165, 1.54) is 0 Å². The van der Waals surface area contributed by atoms with E-state index in [4.69, 9.17) is 16.6 Å². The van der Waals surface area contributed by atoms with Crippen LogP contribution in [-0.4, -0.2) is 71.0 Å². The van der Waals surface area contributed by atoms with Crippen LogP contribution in [0.2, 0.25) is 0 Å². The van der Waals surface area contributed by atoms with Crippen molar-refractivity contribution < 1.29 is 14.0 Å². The van der Waals surface area contributed by atoms with Gasteiger partial charge in [-0.25, -0.2) is 0 Å². The third kappa shape index (κ3) is 5.48. The summed E-state index contributed by atoms with van der Waals surface area (Å²) in [4.78, 5) is 28.8. The molecule has 1 aromatic rings. The molecule has 8 nitrogen and oxygen atoms in total. The van der Waals surface area contributed by atoms with Crippen molar-refractivity contribution in [3.63, 3.8) is 0 Å². The van der Waals surface area contributed by atoms with E-state index in [0.717, 1.165) is 31.8 Å². The first-order valence-electron chi connectivity index (χ1n) is 10.4. The monoisotopic (exact) mass is 421 g/mol. The van der Waals surface area contributed by atoms with Crippen LogP contribution < -0.4 is 16.0 Å². The number of carbonyl (C=O) groups excluding carboxylic acids is 2. The van der Waals surface area contributed by atoms with Gasteiger partial charge in [-0.1, -0.05) is 0 Å². The molecule has 2 amide bonds. The van der Waals surface area contributed by atoms with E-state index in [1.807, 2.05) is 30.9 Å². The molecule has 0 spiro atoms. The zero-order valence-corrected chi connectivity index (χ0v) is 18.0. The van der Waals surface area contributed by atoms with Crippen LogP contribution in [0.3, 0.4) is 0 Å². The summed E-state index contributed by atoms with van der Waals surface area (Å²) in [5, 5.41) is 10.0. The first-order valence-corrected chi connectivity index (χ1v) is 10.8. The van der Waals surface area contributed by atoms with E-state index in [1.54, 1.807) is 6.26 Å². The average molecular weight is 422 g/mol. The van der Waals surface area contributed by atoms with E-state index >= 15 is 0 Å². The van der Waals surface area contributed by atoms with Crippen LogP contribution in [0, 0.1) is 0 Å². The van der Waals surface area contributed by atoms with Crippen LogP contribution >= 0.6 is 12.2 Å². The number of furan rings is 1. The second kappa shape index (κ2) is 10.1. The number of nitrogens with zero attached hydrogens (tertiary/aromatic N) is 2. The number of rotatable bonds is 8. The Bertz CT molecular complexity index is 707. The first-order chi connectivity index (χ1) is 14.0. The molecule has 3 unspecified atom stereocenters. The average Bonchev–Trinajstić information content (AvgIpc) is 3.37. The molecule has 29 heavy (non-hydrogen) atoms. The molecule has 0 aromatic carbocycles. The standard InChI is InChI=1S/C20H31N5O3S/c1-3-24(4-2)18(26)8-7-15-11-21-19(27)17-10-14(13-25(15)17)23-20(29)22-12-16-6-5-9-28-16/h5-6,9,14-15,17H,3-4,7-8,10-13H2,1-2H3,(H,21,27)(H2,22,23,29). The van der Waals surface area contributed by atoms with Gasteiger partial charge in [0.2, 0.25) is 11.8 Å². The molecule has 0 saturated carbocycles. The highest BCUT2D eigenvalue weighted by Crippen LogP contribution is 2.26. The van der Waals surface area contributed by atoms with Crippen molar-refractivity contribution in [2.45, 2.75) is 57.8 Å². The molecule has 3 heterocycles. The van der Waals surface area contributed by atoms with Crippen molar-refractivity contribution in [1.82, 2.24) is 25.8 Å². The molecule has 3 rings (SSSR count). The van der Waals surface area contributed by atoms with Gasteiger partial charge in [0.1, 0.15) is 5.76 Å². The SMILES string of the molecule is CCN(CC)C(=O)CCC1CNC(=O)C2CC(NC(=S)NCc3ccco3)CN12. The van der Waals surface area contributed by atoms with Gasteiger partial charge in [-0.05, 0) is 51.0 Å². The van der Waals surface area contributed by atoms with Gasteiger partial charge in [0.05, 0.1) is 18.8 Å². The van der Waals surface area contributed by atoms with Gasteiger partial charge in [-0.3, -0.25) is 14.5 Å². The summed E-state index contributed by atoms with van der Waals surface area (Å²) >= 11 is 5.40. The topological polar surface area (TPSA) is 89.8 Å². The van der Waals surface area contributed by atoms with Gasteiger partial charge < -0.3 is 25.3 Å². The summed E-state index contributed by atoms with van der Waals surface area (Å²) in [5.41, 5.74) is 0. The van der Waals surface area contributed by atoms with Gasteiger partial charge in [-0.15, -0.1) is 0 Å². The van der Waals surface area contributed by atoms with Crippen LogP contribution in [0.25, 0.3) is 0 Å². The molecule has 2 saturated heterocycles. The summed E-state index contributed by atoms with van der Waals surface area (Å²) in [6.07, 6.45) is 3.59. The molecule has 160 valence electrons. The molecule has 2 aliphatic heterocycles. The number of amides is 2. The molecule has 9 heteroatoms. The first kappa shape index (κ1) is 21.6. The lowest BCUT2D eigenvalue weighted by atomic mass is 10.0. The Hall–Kier alpha value is -2.13. The van der Waals surface area contributed by atoms with Crippen molar-refractivity contribution in [1.29, 1.82) is 0 Å². The van der Waals surface area contributed by atoms with Crippen LogP contribution in [0.4, 0.5) is 0 Å². The number of nitrogens with one attached hydrogen (secondary N) is 3. The molecule has 1 aromatic heterocycles. The molecule has 3 N–H and O–H groups in total. The summed E-state index contributed by atoms with van der Waals surface area (Å²) in [5.74, 6) is 1.06. The molecule has 2 fully saturated rings. The van der Waals surface area contributed by atoms with Crippen LogP contribution in [0.5, 0.6) is 0 Å². The summed E-state index contributed by atoms with van der Waals surface area (Å²) in [7, 11) is 0. The quantitative estimate of drug-likeness (QED) is 0.536. The number of hydrogen-bond donors (Lipinski definition) is 3. The van der Waals surface area contributed by atoms with E-state index in [-0.39, 0.29) is 29.9 Å². The number of piperazine rings is 1. The Labute approximate surface area is 177 Å². The van der Waals surface area contributed by atoms with Crippen molar-refractivity contribution >= 4 is 29.1 Å². The van der Waals surface area contributed by atoms with Crippen molar-refractivity contribution in [3.8, 4) is 0 Å². The lowest BCUT2D eigenvalue weighted by molar-refractivity contribution is -0.132. The Balaban J connectivity index is 1.50. The van der Waals surface area contributed by atoms with E-state index in [0.29, 0.717) is 31.0 Å². The zero-order valence-electron chi connectivity index (χ0n) is 17.1. The van der Waals surface area contributed by atoms with E-state index in [9.17, 15) is 9.59 Å². The van der Waals surface area contributed by atoms with Gasteiger partial charge in [0, 0.05) is 44.7 Å². The predicted octanol–water partition coefficient (Wildman–Crippen LogP) is 0.834. The third-order valence-electron chi connectivity index (χ3n) is 5.77. The highest BCUT2D eigenvalue weighted by Gasteiger charge is 2.43. The fraction of sp³-hybridized carbons (Fsp3) is 0.650. The highest BCUT2D eigenvalue weighted by atomic mass is 32.1. The van der Waals surface area contributed by atoms with Gasteiger partial charge in [-0.2, -0.15) is 0 Å². The van der Waals surface area contributed by atoms with Gasteiger partial charge >= 0.3 is 0 Å². The smallest absolute Gasteiger partial charge is 0.237 e. The predicted molar refractivity (Wildman–Crippen MR) is 114 cm³/mol.